The Balaban J connectivity index is 2.03. The second-order valence-corrected chi connectivity index (χ2v) is 13.0. The highest BCUT2D eigenvalue weighted by Crippen LogP contribution is 2.42. The molecule has 1 atom stereocenters. The first-order valence-corrected chi connectivity index (χ1v) is 14.9. The van der Waals surface area contributed by atoms with Gasteiger partial charge in [0.05, 0.1) is 34.1 Å². The average molecular weight is 594 g/mol. The predicted molar refractivity (Wildman–Crippen MR) is 156 cm³/mol. The van der Waals surface area contributed by atoms with Crippen LogP contribution in [0.15, 0.2) is 30.5 Å². The van der Waals surface area contributed by atoms with Crippen LogP contribution in [0, 0.1) is 5.82 Å². The van der Waals surface area contributed by atoms with E-state index < -0.39 is 22.1 Å². The third-order valence-corrected chi connectivity index (χ3v) is 9.25. The Kier molecular flexibility index (Phi) is 9.69. The van der Waals surface area contributed by atoms with E-state index in [1.165, 1.54) is 36.5 Å². The van der Waals surface area contributed by atoms with E-state index in [1.807, 2.05) is 27.7 Å². The summed E-state index contributed by atoms with van der Waals surface area (Å²) in [6.07, 6.45) is 1.13. The summed E-state index contributed by atoms with van der Waals surface area (Å²) in [5, 5.41) is 3.89. The van der Waals surface area contributed by atoms with Crippen LogP contribution in [0.4, 0.5) is 20.8 Å². The van der Waals surface area contributed by atoms with E-state index in [-0.39, 0.29) is 29.3 Å². The van der Waals surface area contributed by atoms with Crippen LogP contribution in [0.3, 0.4) is 0 Å². The number of rotatable bonds is 10. The number of carbonyl (C=O) groups is 1. The molecule has 0 spiro atoms. The number of aromatic nitrogens is 3. The van der Waals surface area contributed by atoms with Crippen LogP contribution in [0.25, 0.3) is 21.8 Å². The van der Waals surface area contributed by atoms with Gasteiger partial charge in [0.1, 0.15) is 0 Å². The van der Waals surface area contributed by atoms with Crippen LogP contribution in [-0.4, -0.2) is 79.0 Å². The van der Waals surface area contributed by atoms with Crippen molar-refractivity contribution in [3.8, 4) is 21.8 Å². The summed E-state index contributed by atoms with van der Waals surface area (Å²) in [5.41, 5.74) is 0.496. The van der Waals surface area contributed by atoms with Crippen molar-refractivity contribution in [3.05, 3.63) is 41.3 Å². The smallest absolute Gasteiger partial charge is 0.409 e. The summed E-state index contributed by atoms with van der Waals surface area (Å²) in [6.45, 7) is 10.1. The first kappa shape index (κ1) is 31.2. The molecule has 14 heteroatoms. The van der Waals surface area contributed by atoms with Gasteiger partial charge in [-0.1, -0.05) is 33.8 Å². The summed E-state index contributed by atoms with van der Waals surface area (Å²) in [4.78, 5) is 27.6. The van der Waals surface area contributed by atoms with Gasteiger partial charge >= 0.3 is 16.3 Å². The zero-order valence-corrected chi connectivity index (χ0v) is 25.6. The number of thiazole rings is 1. The molecule has 0 saturated heterocycles. The van der Waals surface area contributed by atoms with E-state index in [0.29, 0.717) is 28.8 Å². The summed E-state index contributed by atoms with van der Waals surface area (Å²) in [6, 6.07) is 6.01. The van der Waals surface area contributed by atoms with E-state index in [2.05, 4.69) is 20.0 Å². The predicted octanol–water partition coefficient (Wildman–Crippen LogP) is 4.81. The average Bonchev–Trinajstić information content (AvgIpc) is 3.37. The number of likely N-dealkylation sites (N-methyl/N-ethyl adjacent to an activating group) is 1. The topological polar surface area (TPSA) is 130 Å². The zero-order valence-electron chi connectivity index (χ0n) is 23.9. The second-order valence-electron chi connectivity index (χ2n) is 10.2. The lowest BCUT2D eigenvalue weighted by atomic mass is 9.98. The van der Waals surface area contributed by atoms with Gasteiger partial charge in [0.15, 0.2) is 5.82 Å². The van der Waals surface area contributed by atoms with Gasteiger partial charge in [-0.3, -0.25) is 4.72 Å². The van der Waals surface area contributed by atoms with Crippen LogP contribution in [-0.2, 0) is 20.4 Å². The second kappa shape index (κ2) is 12.4. The number of methoxy groups -OCH3 is 1. The van der Waals surface area contributed by atoms with Crippen LogP contribution >= 0.6 is 11.3 Å². The number of nitrogens with zero attached hydrogens (tertiary/aromatic N) is 5. The van der Waals surface area contributed by atoms with E-state index in [0.717, 1.165) is 9.31 Å². The molecule has 0 bridgehead atoms. The Hall–Kier alpha value is -3.36. The van der Waals surface area contributed by atoms with Crippen molar-refractivity contribution < 1.29 is 22.3 Å². The van der Waals surface area contributed by atoms with E-state index in [1.54, 1.807) is 38.4 Å². The molecular formula is C26H36FN7O4S2. The Bertz CT molecular complexity index is 1460. The quantitative estimate of drug-likeness (QED) is 0.343. The third kappa shape index (κ3) is 7.04. The number of anilines is 2. The molecule has 0 aliphatic carbocycles. The fourth-order valence-electron chi connectivity index (χ4n) is 3.45. The van der Waals surface area contributed by atoms with Gasteiger partial charge in [-0.2, -0.15) is 12.7 Å². The van der Waals surface area contributed by atoms with Gasteiger partial charge in [0, 0.05) is 50.4 Å². The van der Waals surface area contributed by atoms with Gasteiger partial charge in [-0.15, -0.1) is 11.3 Å². The lowest BCUT2D eigenvalue weighted by Gasteiger charge is -2.23. The third-order valence-electron chi connectivity index (χ3n) is 6.18. The molecule has 2 N–H and O–H groups in total. The maximum absolute atomic E-state index is 15.8. The highest BCUT2D eigenvalue weighted by molar-refractivity contribution is 7.90. The molecule has 3 rings (SSSR count). The minimum atomic E-state index is -3.93. The van der Waals surface area contributed by atoms with Crippen LogP contribution in [0.1, 0.15) is 39.6 Å². The maximum atomic E-state index is 15.8. The summed E-state index contributed by atoms with van der Waals surface area (Å²) >= 11 is 1.38. The SMILES string of the molecule is CCN(C)S(=O)(=O)Nc1cccc(-c2nc(C(C)(C)C)sc2-c2ccnc(NC[C@H](C)N(C)C(=O)OC)n2)c1F. The molecule has 0 radical (unpaired) electrons. The van der Waals surface area contributed by atoms with Gasteiger partial charge < -0.3 is 15.0 Å². The number of ether oxygens (including phenoxy) is 1. The number of amides is 1. The van der Waals surface area contributed by atoms with Crippen LogP contribution in [0.2, 0.25) is 0 Å². The number of nitrogens with one attached hydrogen (secondary N) is 2. The van der Waals surface area contributed by atoms with Crippen molar-refractivity contribution in [2.75, 3.05) is 44.3 Å². The number of carbonyl (C=O) groups excluding carboxylic acids is 1. The van der Waals surface area contributed by atoms with E-state index >= 15 is 4.39 Å². The van der Waals surface area contributed by atoms with Crippen molar-refractivity contribution in [2.24, 2.45) is 0 Å². The fourth-order valence-corrected chi connectivity index (χ4v) is 5.49. The molecule has 11 nitrogen and oxygen atoms in total. The van der Waals surface area contributed by atoms with Gasteiger partial charge in [0.25, 0.3) is 0 Å². The van der Waals surface area contributed by atoms with Crippen molar-refractivity contribution >= 4 is 39.3 Å². The Morgan fingerprint density at radius 3 is 2.52 bits per heavy atom. The van der Waals surface area contributed by atoms with Crippen molar-refractivity contribution in [3.63, 3.8) is 0 Å². The molecule has 40 heavy (non-hydrogen) atoms. The molecule has 218 valence electrons. The molecule has 0 aliphatic rings. The standard InChI is InChI=1S/C26H36FN7O4S2/c1-9-33(6)40(36,37)32-18-12-10-11-17(20(18)27)21-22(39-23(31-21)26(3,4)5)19-13-14-28-24(30-19)29-15-16(2)34(7)25(35)38-8/h10-14,16,32H,9,15H2,1-8H3,(H,28,29,30)/t16-/m0/s1. The highest BCUT2D eigenvalue weighted by atomic mass is 32.2. The number of benzene rings is 1. The Labute approximate surface area is 239 Å². The maximum Gasteiger partial charge on any atom is 0.409 e. The molecule has 3 aromatic rings. The number of hydrogen-bond donors (Lipinski definition) is 2. The van der Waals surface area contributed by atoms with Gasteiger partial charge in [0.2, 0.25) is 5.95 Å². The Morgan fingerprint density at radius 1 is 1.20 bits per heavy atom. The number of halogens is 1. The summed E-state index contributed by atoms with van der Waals surface area (Å²) in [7, 11) is 0.432. The van der Waals surface area contributed by atoms with Crippen LogP contribution in [0.5, 0.6) is 0 Å². The molecule has 2 heterocycles. The minimum absolute atomic E-state index is 0.141. The van der Waals surface area contributed by atoms with Gasteiger partial charge in [-0.25, -0.2) is 24.1 Å². The molecule has 0 unspecified atom stereocenters. The number of hydrogen-bond acceptors (Lipinski definition) is 9. The van der Waals surface area contributed by atoms with Crippen molar-refractivity contribution in [1.82, 2.24) is 24.2 Å². The first-order chi connectivity index (χ1) is 18.7. The molecule has 1 aromatic carbocycles. The van der Waals surface area contributed by atoms with Crippen molar-refractivity contribution in [1.29, 1.82) is 0 Å². The summed E-state index contributed by atoms with van der Waals surface area (Å²) < 4.78 is 49.2. The fraction of sp³-hybridized carbons (Fsp3) is 0.462. The largest absolute Gasteiger partial charge is 0.453 e. The highest BCUT2D eigenvalue weighted by Gasteiger charge is 2.27. The van der Waals surface area contributed by atoms with Crippen molar-refractivity contribution in [2.45, 2.75) is 46.1 Å². The monoisotopic (exact) mass is 593 g/mol. The molecule has 2 aromatic heterocycles. The lowest BCUT2D eigenvalue weighted by molar-refractivity contribution is 0.122. The van der Waals surface area contributed by atoms with Gasteiger partial charge in [-0.05, 0) is 25.1 Å². The molecule has 0 aliphatic heterocycles. The molecule has 0 saturated carbocycles. The summed E-state index contributed by atoms with van der Waals surface area (Å²) in [5.74, 6) is -0.418. The first-order valence-electron chi connectivity index (χ1n) is 12.6. The lowest BCUT2D eigenvalue weighted by Crippen LogP contribution is -2.39. The molecule has 0 fully saturated rings. The molecular weight excluding hydrogens is 557 g/mol. The van der Waals surface area contributed by atoms with E-state index in [4.69, 9.17) is 9.72 Å². The molecule has 1 amide bonds. The zero-order chi connectivity index (χ0) is 29.8. The van der Waals surface area contributed by atoms with E-state index in [9.17, 15) is 13.2 Å². The van der Waals surface area contributed by atoms with Crippen LogP contribution < -0.4 is 10.0 Å². The minimum Gasteiger partial charge on any atom is -0.453 e. The normalized spacial score (nSPS) is 12.8. The Morgan fingerprint density at radius 2 is 1.90 bits per heavy atom.